The van der Waals surface area contributed by atoms with E-state index in [-0.39, 0.29) is 6.03 Å². The molecule has 1 rings (SSSR count). The number of aliphatic hydroxyl groups is 1. The number of amides is 2. The van der Waals surface area contributed by atoms with Crippen LogP contribution in [0.3, 0.4) is 0 Å². The lowest BCUT2D eigenvalue weighted by Crippen LogP contribution is -2.33. The van der Waals surface area contributed by atoms with Crippen molar-refractivity contribution < 1.29 is 9.90 Å². The molecule has 100 valence electrons. The summed E-state index contributed by atoms with van der Waals surface area (Å²) in [6.45, 7) is 4.40. The van der Waals surface area contributed by atoms with Gasteiger partial charge in [0.05, 0.1) is 6.10 Å². The van der Waals surface area contributed by atoms with Crippen LogP contribution in [0.25, 0.3) is 0 Å². The number of hydrogen-bond acceptors (Lipinski definition) is 3. The predicted octanol–water partition coefficient (Wildman–Crippen LogP) is 2.61. The average molecular weight is 268 g/mol. The molecule has 0 aromatic heterocycles. The van der Waals surface area contributed by atoms with E-state index in [1.807, 2.05) is 6.26 Å². The molecule has 0 aliphatic carbocycles. The minimum Gasteiger partial charge on any atom is -0.389 e. The van der Waals surface area contributed by atoms with Gasteiger partial charge in [0.15, 0.2) is 0 Å². The van der Waals surface area contributed by atoms with E-state index in [1.165, 1.54) is 0 Å². The van der Waals surface area contributed by atoms with Gasteiger partial charge >= 0.3 is 6.03 Å². The van der Waals surface area contributed by atoms with Crippen molar-refractivity contribution in [1.29, 1.82) is 0 Å². The maximum absolute atomic E-state index is 11.6. The fraction of sp³-hybridized carbons (Fsp3) is 0.462. The fourth-order valence-electron chi connectivity index (χ4n) is 1.34. The molecular weight excluding hydrogens is 248 g/mol. The fourth-order valence-corrected chi connectivity index (χ4v) is 1.59. The molecule has 0 aliphatic rings. The quantitative estimate of drug-likeness (QED) is 0.769. The van der Waals surface area contributed by atoms with Gasteiger partial charge in [-0.05, 0) is 30.9 Å². The van der Waals surface area contributed by atoms with Crippen LogP contribution in [0, 0.1) is 0 Å². The summed E-state index contributed by atoms with van der Waals surface area (Å²) in [6, 6.07) is 6.94. The highest BCUT2D eigenvalue weighted by molar-refractivity contribution is 7.99. The molecule has 0 heterocycles. The van der Waals surface area contributed by atoms with Crippen molar-refractivity contribution >= 4 is 23.5 Å². The second kappa shape index (κ2) is 7.28. The molecule has 2 unspecified atom stereocenters. The third kappa shape index (κ3) is 4.98. The summed E-state index contributed by atoms with van der Waals surface area (Å²) in [5, 5.41) is 15.3. The molecule has 0 saturated carbocycles. The summed E-state index contributed by atoms with van der Waals surface area (Å²) in [5.74, 6) is 0. The first-order valence-electron chi connectivity index (χ1n) is 5.88. The number of urea groups is 1. The Morgan fingerprint density at radius 3 is 2.44 bits per heavy atom. The molecule has 0 saturated heterocycles. The van der Waals surface area contributed by atoms with Crippen molar-refractivity contribution in [3.8, 4) is 0 Å². The van der Waals surface area contributed by atoms with Crippen molar-refractivity contribution in [2.45, 2.75) is 25.2 Å². The van der Waals surface area contributed by atoms with Gasteiger partial charge in [0.2, 0.25) is 0 Å². The van der Waals surface area contributed by atoms with Crippen LogP contribution in [0.15, 0.2) is 24.3 Å². The van der Waals surface area contributed by atoms with E-state index in [1.54, 1.807) is 43.0 Å². The molecule has 0 radical (unpaired) electrons. The summed E-state index contributed by atoms with van der Waals surface area (Å²) in [7, 11) is 0. The third-order valence-corrected chi connectivity index (χ3v) is 3.57. The topological polar surface area (TPSA) is 61.4 Å². The van der Waals surface area contributed by atoms with Crippen molar-refractivity contribution in [2.75, 3.05) is 18.1 Å². The van der Waals surface area contributed by atoms with E-state index in [0.29, 0.717) is 17.5 Å². The van der Waals surface area contributed by atoms with Gasteiger partial charge in [0, 0.05) is 17.5 Å². The first-order chi connectivity index (χ1) is 8.52. The van der Waals surface area contributed by atoms with Gasteiger partial charge in [-0.1, -0.05) is 19.1 Å². The molecule has 0 aliphatic heterocycles. The summed E-state index contributed by atoms with van der Waals surface area (Å²) in [5.41, 5.74) is 1.55. The second-order valence-corrected chi connectivity index (χ2v) is 5.46. The van der Waals surface area contributed by atoms with Crippen molar-refractivity contribution in [3.05, 3.63) is 29.8 Å². The Balaban J connectivity index is 2.44. The standard InChI is InChI=1S/C13H20N2O2S/c1-9(18-3)8-14-13(17)15-12-6-4-11(5-7-12)10(2)16/h4-7,9-10,16H,8H2,1-3H3,(H2,14,15,17). The Morgan fingerprint density at radius 2 is 1.94 bits per heavy atom. The zero-order valence-electron chi connectivity index (χ0n) is 10.9. The summed E-state index contributed by atoms with van der Waals surface area (Å²) in [6.07, 6.45) is 1.52. The number of benzene rings is 1. The van der Waals surface area contributed by atoms with Gasteiger partial charge in [-0.2, -0.15) is 11.8 Å². The van der Waals surface area contributed by atoms with Crippen molar-refractivity contribution in [1.82, 2.24) is 5.32 Å². The Labute approximate surface area is 112 Å². The minimum absolute atomic E-state index is 0.208. The molecule has 0 spiro atoms. The Kier molecular flexibility index (Phi) is 6.01. The Bertz CT molecular complexity index is 379. The van der Waals surface area contributed by atoms with Gasteiger partial charge in [-0.15, -0.1) is 0 Å². The molecule has 0 fully saturated rings. The van der Waals surface area contributed by atoms with Crippen LogP contribution in [0.1, 0.15) is 25.5 Å². The summed E-state index contributed by atoms with van der Waals surface area (Å²) >= 11 is 1.71. The number of carbonyl (C=O) groups excluding carboxylic acids is 1. The van der Waals surface area contributed by atoms with E-state index in [4.69, 9.17) is 0 Å². The van der Waals surface area contributed by atoms with Crippen LogP contribution in [0.4, 0.5) is 10.5 Å². The third-order valence-electron chi connectivity index (χ3n) is 2.60. The lowest BCUT2D eigenvalue weighted by molar-refractivity contribution is 0.199. The number of carbonyl (C=O) groups is 1. The Hall–Kier alpha value is -1.20. The number of hydrogen-bond donors (Lipinski definition) is 3. The van der Waals surface area contributed by atoms with Crippen LogP contribution in [0.5, 0.6) is 0 Å². The lowest BCUT2D eigenvalue weighted by Gasteiger charge is -2.11. The number of rotatable bonds is 5. The van der Waals surface area contributed by atoms with Crippen molar-refractivity contribution in [2.24, 2.45) is 0 Å². The molecule has 5 heteroatoms. The average Bonchev–Trinajstić information content (AvgIpc) is 2.36. The van der Waals surface area contributed by atoms with Crippen LogP contribution < -0.4 is 10.6 Å². The highest BCUT2D eigenvalue weighted by atomic mass is 32.2. The molecule has 2 amide bonds. The largest absolute Gasteiger partial charge is 0.389 e. The molecule has 1 aromatic carbocycles. The molecule has 1 aromatic rings. The van der Waals surface area contributed by atoms with E-state index in [0.717, 1.165) is 5.56 Å². The summed E-state index contributed by atoms with van der Waals surface area (Å²) < 4.78 is 0. The van der Waals surface area contributed by atoms with Gasteiger partial charge in [0.1, 0.15) is 0 Å². The Morgan fingerprint density at radius 1 is 1.33 bits per heavy atom. The van der Waals surface area contributed by atoms with Crippen molar-refractivity contribution in [3.63, 3.8) is 0 Å². The summed E-state index contributed by atoms with van der Waals surface area (Å²) in [4.78, 5) is 11.6. The van der Waals surface area contributed by atoms with Gasteiger partial charge < -0.3 is 15.7 Å². The van der Waals surface area contributed by atoms with Gasteiger partial charge in [-0.3, -0.25) is 0 Å². The molecule has 3 N–H and O–H groups in total. The predicted molar refractivity (Wildman–Crippen MR) is 77.1 cm³/mol. The van der Waals surface area contributed by atoms with E-state index >= 15 is 0 Å². The second-order valence-electron chi connectivity index (χ2n) is 4.18. The first kappa shape index (κ1) is 14.9. The minimum atomic E-state index is -0.490. The SMILES string of the molecule is CSC(C)CNC(=O)Nc1ccc(C(C)O)cc1. The van der Waals surface area contributed by atoms with Crippen LogP contribution in [0.2, 0.25) is 0 Å². The van der Waals surface area contributed by atoms with E-state index in [2.05, 4.69) is 17.6 Å². The zero-order valence-corrected chi connectivity index (χ0v) is 11.8. The molecule has 4 nitrogen and oxygen atoms in total. The van der Waals surface area contributed by atoms with Crippen LogP contribution in [-0.4, -0.2) is 29.2 Å². The maximum Gasteiger partial charge on any atom is 0.319 e. The van der Waals surface area contributed by atoms with Gasteiger partial charge in [0.25, 0.3) is 0 Å². The van der Waals surface area contributed by atoms with Gasteiger partial charge in [-0.25, -0.2) is 4.79 Å². The number of thioether (sulfide) groups is 1. The molecular formula is C13H20N2O2S. The molecule has 18 heavy (non-hydrogen) atoms. The number of aliphatic hydroxyl groups excluding tert-OH is 1. The number of nitrogens with one attached hydrogen (secondary N) is 2. The molecule has 2 atom stereocenters. The zero-order chi connectivity index (χ0) is 13.5. The lowest BCUT2D eigenvalue weighted by atomic mass is 10.1. The smallest absolute Gasteiger partial charge is 0.319 e. The van der Waals surface area contributed by atoms with Crippen LogP contribution >= 0.6 is 11.8 Å². The normalized spacial score (nSPS) is 13.8. The highest BCUT2D eigenvalue weighted by Gasteiger charge is 2.05. The maximum atomic E-state index is 11.6. The van der Waals surface area contributed by atoms with E-state index < -0.39 is 6.10 Å². The van der Waals surface area contributed by atoms with E-state index in [9.17, 15) is 9.90 Å². The highest BCUT2D eigenvalue weighted by Crippen LogP contribution is 2.15. The first-order valence-corrected chi connectivity index (χ1v) is 7.17. The number of anilines is 1. The monoisotopic (exact) mass is 268 g/mol. The molecule has 0 bridgehead atoms. The van der Waals surface area contributed by atoms with Crippen LogP contribution in [-0.2, 0) is 0 Å².